The molecule has 1 aromatic heterocycles. The number of methoxy groups -OCH3 is 1. The third kappa shape index (κ3) is 8.00. The van der Waals surface area contributed by atoms with E-state index in [4.69, 9.17) is 25.1 Å². The first kappa shape index (κ1) is 32.8. The molecule has 0 aliphatic heterocycles. The van der Waals surface area contributed by atoms with Crippen molar-refractivity contribution in [3.8, 4) is 29.2 Å². The Morgan fingerprint density at radius 3 is 2.38 bits per heavy atom. The molecule has 0 fully saturated rings. The van der Waals surface area contributed by atoms with Gasteiger partial charge >= 0.3 is 17.7 Å². The van der Waals surface area contributed by atoms with Crippen molar-refractivity contribution in [3.63, 3.8) is 0 Å². The molecule has 5 rings (SSSR count). The van der Waals surface area contributed by atoms with E-state index in [2.05, 4.69) is 28.7 Å². The van der Waals surface area contributed by atoms with E-state index in [1.807, 2.05) is 36.4 Å². The first-order valence-electron chi connectivity index (χ1n) is 15.5. The maximum Gasteiger partial charge on any atom is 0.407 e. The van der Waals surface area contributed by atoms with Gasteiger partial charge in [0.1, 0.15) is 29.5 Å². The molecule has 1 aliphatic carbocycles. The molecule has 1 heterocycles. The number of ether oxygens (including phenoxy) is 3. The van der Waals surface area contributed by atoms with Crippen LogP contribution >= 0.6 is 0 Å². The molecule has 10 heteroatoms. The third-order valence-corrected chi connectivity index (χ3v) is 8.01. The highest BCUT2D eigenvalue weighted by atomic mass is 16.6. The molecule has 0 saturated carbocycles. The number of carbonyl (C=O) groups is 3. The van der Waals surface area contributed by atoms with Crippen LogP contribution in [0.25, 0.3) is 22.1 Å². The van der Waals surface area contributed by atoms with E-state index in [0.29, 0.717) is 49.0 Å². The van der Waals surface area contributed by atoms with Crippen LogP contribution in [0.2, 0.25) is 0 Å². The number of rotatable bonds is 14. The zero-order valence-corrected chi connectivity index (χ0v) is 26.1. The monoisotopic (exact) mass is 636 g/mol. The van der Waals surface area contributed by atoms with Crippen LogP contribution in [0.3, 0.4) is 0 Å². The van der Waals surface area contributed by atoms with Crippen molar-refractivity contribution in [3.05, 3.63) is 99.9 Å². The van der Waals surface area contributed by atoms with Crippen LogP contribution in [0, 0.1) is 12.3 Å². The molecule has 0 saturated heterocycles. The summed E-state index contributed by atoms with van der Waals surface area (Å²) in [5.74, 6) is 1.80. The Hall–Kier alpha value is -5.56. The van der Waals surface area contributed by atoms with E-state index in [1.165, 1.54) is 13.2 Å². The summed E-state index contributed by atoms with van der Waals surface area (Å²) < 4.78 is 21.5. The van der Waals surface area contributed by atoms with E-state index >= 15 is 0 Å². The lowest BCUT2D eigenvalue weighted by atomic mass is 9.98. The fourth-order valence-electron chi connectivity index (χ4n) is 5.65. The van der Waals surface area contributed by atoms with Crippen LogP contribution in [0.5, 0.6) is 5.75 Å². The number of benzene rings is 3. The van der Waals surface area contributed by atoms with Crippen LogP contribution in [-0.2, 0) is 14.3 Å². The average molecular weight is 637 g/mol. The van der Waals surface area contributed by atoms with Crippen molar-refractivity contribution in [1.82, 2.24) is 10.6 Å². The lowest BCUT2D eigenvalue weighted by Crippen LogP contribution is -2.42. The van der Waals surface area contributed by atoms with Crippen molar-refractivity contribution in [2.45, 2.75) is 44.1 Å². The van der Waals surface area contributed by atoms with E-state index < -0.39 is 29.6 Å². The van der Waals surface area contributed by atoms with Crippen molar-refractivity contribution in [2.75, 3.05) is 26.9 Å². The highest BCUT2D eigenvalue weighted by molar-refractivity contribution is 5.96. The van der Waals surface area contributed by atoms with Crippen LogP contribution in [0.4, 0.5) is 4.79 Å². The lowest BCUT2D eigenvalue weighted by molar-refractivity contribution is -0.143. The zero-order chi connectivity index (χ0) is 33.2. The number of nitrogens with one attached hydrogen (secondary N) is 2. The Balaban J connectivity index is 1.09. The second-order valence-electron chi connectivity index (χ2n) is 11.1. The largest absolute Gasteiger partial charge is 0.493 e. The van der Waals surface area contributed by atoms with Crippen LogP contribution in [0.1, 0.15) is 59.5 Å². The highest BCUT2D eigenvalue weighted by Gasteiger charge is 2.30. The van der Waals surface area contributed by atoms with Gasteiger partial charge in [-0.2, -0.15) is 0 Å². The van der Waals surface area contributed by atoms with Crippen LogP contribution in [0.15, 0.2) is 82.0 Å². The highest BCUT2D eigenvalue weighted by Crippen LogP contribution is 2.44. The zero-order valence-electron chi connectivity index (χ0n) is 26.1. The third-order valence-electron chi connectivity index (χ3n) is 8.01. The predicted molar refractivity (Wildman–Crippen MR) is 176 cm³/mol. The molecule has 10 nitrogen and oxygen atoms in total. The molecule has 4 aromatic rings. The van der Waals surface area contributed by atoms with Gasteiger partial charge in [-0.1, -0.05) is 48.5 Å². The maximum absolute atomic E-state index is 12.8. The molecule has 0 radical (unpaired) electrons. The number of hydrogen-bond acceptors (Lipinski definition) is 8. The van der Waals surface area contributed by atoms with Gasteiger partial charge in [-0.05, 0) is 66.1 Å². The maximum atomic E-state index is 12.8. The molecular weight excluding hydrogens is 600 g/mol. The van der Waals surface area contributed by atoms with E-state index in [-0.39, 0.29) is 31.1 Å². The average Bonchev–Trinajstić information content (AvgIpc) is 3.41. The molecule has 1 aliphatic rings. The van der Waals surface area contributed by atoms with Crippen LogP contribution in [-0.4, -0.2) is 50.9 Å². The van der Waals surface area contributed by atoms with E-state index in [9.17, 15) is 19.2 Å². The SMILES string of the molecule is C#CCCCOc1ccc2cc(C(=O)NCCCC[C@H](NC(=O)OCC3c4ccccc4-c4ccccc43)C(=O)OC)c(=O)oc2c1. The number of carbonyl (C=O) groups excluding carboxylic acids is 3. The summed E-state index contributed by atoms with van der Waals surface area (Å²) in [4.78, 5) is 50.5. The van der Waals surface area contributed by atoms with E-state index in [0.717, 1.165) is 22.3 Å². The molecule has 242 valence electrons. The molecule has 0 spiro atoms. The molecule has 2 amide bonds. The van der Waals surface area contributed by atoms with Gasteiger partial charge in [0.25, 0.3) is 5.91 Å². The fraction of sp³-hybridized carbons (Fsp3) is 0.297. The van der Waals surface area contributed by atoms with Crippen molar-refractivity contribution in [1.29, 1.82) is 0 Å². The fourth-order valence-corrected chi connectivity index (χ4v) is 5.65. The molecule has 3 aromatic carbocycles. The van der Waals surface area contributed by atoms with Crippen molar-refractivity contribution < 1.29 is 33.0 Å². The van der Waals surface area contributed by atoms with Gasteiger partial charge < -0.3 is 29.3 Å². The lowest BCUT2D eigenvalue weighted by Gasteiger charge is -2.18. The first-order valence-corrected chi connectivity index (χ1v) is 15.5. The molecule has 47 heavy (non-hydrogen) atoms. The standard InChI is InChI=1S/C37H36N2O8/c1-3-4-11-20-45-25-18-17-24-21-30(35(41)47-33(24)22-25)34(40)38-19-10-9-16-32(36(42)44-2)39-37(43)46-23-31-28-14-7-5-12-26(28)27-13-6-8-15-29(27)31/h1,5-8,12-15,17-18,21-22,31-32H,4,9-11,16,19-20,23H2,2H3,(H,38,40)(H,39,43)/t32-/m0/s1. The summed E-state index contributed by atoms with van der Waals surface area (Å²) >= 11 is 0. The van der Waals surface area contributed by atoms with Crippen molar-refractivity contribution in [2.24, 2.45) is 0 Å². The Labute approximate surface area is 272 Å². The number of fused-ring (bicyclic) bond motifs is 4. The van der Waals surface area contributed by atoms with Crippen molar-refractivity contribution >= 4 is 28.9 Å². The van der Waals surface area contributed by atoms with Gasteiger partial charge in [0.2, 0.25) is 0 Å². The van der Waals surface area contributed by atoms with Gasteiger partial charge in [-0.25, -0.2) is 14.4 Å². The van der Waals surface area contributed by atoms with Gasteiger partial charge in [-0.15, -0.1) is 12.3 Å². The number of esters is 1. The number of unbranched alkanes of at least 4 members (excludes halogenated alkanes) is 2. The molecule has 1 atom stereocenters. The minimum Gasteiger partial charge on any atom is -0.493 e. The predicted octanol–water partition coefficient (Wildman–Crippen LogP) is 5.57. The number of hydrogen-bond donors (Lipinski definition) is 2. The summed E-state index contributed by atoms with van der Waals surface area (Å²) in [5, 5.41) is 5.91. The topological polar surface area (TPSA) is 133 Å². The smallest absolute Gasteiger partial charge is 0.407 e. The minimum atomic E-state index is -0.926. The Morgan fingerprint density at radius 1 is 0.957 bits per heavy atom. The Morgan fingerprint density at radius 2 is 1.68 bits per heavy atom. The molecule has 0 unspecified atom stereocenters. The number of alkyl carbamates (subject to hydrolysis) is 1. The summed E-state index contributed by atoms with van der Waals surface area (Å²) in [6.07, 6.45) is 7.05. The summed E-state index contributed by atoms with van der Waals surface area (Å²) in [6.45, 7) is 0.788. The normalized spacial score (nSPS) is 12.3. The number of amides is 2. The molecule has 2 N–H and O–H groups in total. The van der Waals surface area contributed by atoms with Crippen LogP contribution < -0.4 is 21.0 Å². The molecule has 0 bridgehead atoms. The Bertz CT molecular complexity index is 1810. The first-order chi connectivity index (χ1) is 22.9. The minimum absolute atomic E-state index is 0.112. The quantitative estimate of drug-likeness (QED) is 0.0795. The second-order valence-corrected chi connectivity index (χ2v) is 11.1. The summed E-state index contributed by atoms with van der Waals surface area (Å²) in [5.41, 5.74) is 3.82. The van der Waals surface area contributed by atoms with E-state index in [1.54, 1.807) is 18.2 Å². The van der Waals surface area contributed by atoms with Gasteiger partial charge in [0.05, 0.1) is 13.7 Å². The Kier molecular flexibility index (Phi) is 10.9. The number of terminal acetylenes is 1. The summed E-state index contributed by atoms with van der Waals surface area (Å²) in [6, 6.07) is 21.6. The molecular formula is C37H36N2O8. The van der Waals surface area contributed by atoms with Gasteiger partial charge in [-0.3, -0.25) is 4.79 Å². The summed E-state index contributed by atoms with van der Waals surface area (Å²) in [7, 11) is 1.25. The van der Waals surface area contributed by atoms with Gasteiger partial charge in [0.15, 0.2) is 0 Å². The second kappa shape index (κ2) is 15.6. The van der Waals surface area contributed by atoms with Gasteiger partial charge in [0, 0.05) is 30.3 Å².